The average molecular weight is 375 g/mol. The summed E-state index contributed by atoms with van der Waals surface area (Å²) in [6.45, 7) is 14.1. The maximum atomic E-state index is 6.25. The molecule has 1 aromatic heterocycles. The molecule has 2 aromatic rings. The first-order chi connectivity index (χ1) is 13.3. The fourth-order valence-corrected chi connectivity index (χ4v) is 4.33. The van der Waals surface area contributed by atoms with Crippen LogP contribution in [0.5, 0.6) is 0 Å². The van der Waals surface area contributed by atoms with Gasteiger partial charge in [0.05, 0.1) is 17.0 Å². The quantitative estimate of drug-likeness (QED) is 0.857. The Labute approximate surface area is 168 Å². The Kier molecular flexibility index (Phi) is 4.84. The zero-order valence-corrected chi connectivity index (χ0v) is 17.3. The number of likely N-dealkylation sites (tertiary alicyclic amines) is 1. The molecule has 0 aliphatic carbocycles. The van der Waals surface area contributed by atoms with Crippen molar-refractivity contribution in [3.63, 3.8) is 0 Å². The maximum absolute atomic E-state index is 6.25. The zero-order chi connectivity index (χ0) is 19.9. The van der Waals surface area contributed by atoms with Gasteiger partial charge < -0.3 is 10.6 Å². The molecule has 1 fully saturated rings. The van der Waals surface area contributed by atoms with Gasteiger partial charge in [-0.3, -0.25) is 0 Å². The molecule has 3 heterocycles. The number of piperidine rings is 1. The predicted octanol–water partition coefficient (Wildman–Crippen LogP) is 4.51. The van der Waals surface area contributed by atoms with Gasteiger partial charge in [0.1, 0.15) is 5.84 Å². The Balaban J connectivity index is 1.79. The van der Waals surface area contributed by atoms with Crippen LogP contribution >= 0.6 is 0 Å². The Morgan fingerprint density at radius 2 is 1.79 bits per heavy atom. The van der Waals surface area contributed by atoms with Crippen molar-refractivity contribution < 1.29 is 0 Å². The van der Waals surface area contributed by atoms with E-state index in [-0.39, 0.29) is 5.41 Å². The second-order valence-electron chi connectivity index (χ2n) is 8.81. The highest BCUT2D eigenvalue weighted by molar-refractivity contribution is 6.12. The van der Waals surface area contributed by atoms with Crippen molar-refractivity contribution in [3.8, 4) is 11.1 Å². The SMILES string of the molecule is C=C1N=C(N)c2c(-c3ccc(C)cc3)cc(C(C)(C)CN3CCCCC3)nc21. The van der Waals surface area contributed by atoms with Crippen molar-refractivity contribution in [3.05, 3.63) is 59.4 Å². The van der Waals surface area contributed by atoms with E-state index in [4.69, 9.17) is 10.7 Å². The molecular formula is C24H30N4. The molecule has 28 heavy (non-hydrogen) atoms. The van der Waals surface area contributed by atoms with Gasteiger partial charge in [0.15, 0.2) is 0 Å². The minimum atomic E-state index is -0.0660. The van der Waals surface area contributed by atoms with Crippen molar-refractivity contribution in [2.45, 2.75) is 45.4 Å². The molecule has 4 heteroatoms. The van der Waals surface area contributed by atoms with Crippen LogP contribution in [0, 0.1) is 6.92 Å². The molecule has 146 valence electrons. The van der Waals surface area contributed by atoms with Crippen LogP contribution in [0.25, 0.3) is 16.8 Å². The molecule has 2 aliphatic rings. The van der Waals surface area contributed by atoms with Gasteiger partial charge in [-0.05, 0) is 50.0 Å². The summed E-state index contributed by atoms with van der Waals surface area (Å²) in [7, 11) is 0. The van der Waals surface area contributed by atoms with Crippen molar-refractivity contribution in [1.82, 2.24) is 9.88 Å². The number of aliphatic imine (C=N–C) groups is 1. The molecule has 0 spiro atoms. The third-order valence-electron chi connectivity index (χ3n) is 5.93. The number of aromatic nitrogens is 1. The number of benzene rings is 1. The lowest BCUT2D eigenvalue weighted by Gasteiger charge is -2.35. The molecule has 0 unspecified atom stereocenters. The van der Waals surface area contributed by atoms with Gasteiger partial charge in [-0.25, -0.2) is 9.98 Å². The number of fused-ring (bicyclic) bond motifs is 1. The Morgan fingerprint density at radius 3 is 2.46 bits per heavy atom. The van der Waals surface area contributed by atoms with Crippen LogP contribution in [-0.2, 0) is 5.41 Å². The van der Waals surface area contributed by atoms with Crippen LogP contribution in [0.15, 0.2) is 41.9 Å². The largest absolute Gasteiger partial charge is 0.383 e. The third kappa shape index (κ3) is 3.49. The molecule has 0 amide bonds. The van der Waals surface area contributed by atoms with Crippen LogP contribution in [0.2, 0.25) is 0 Å². The summed E-state index contributed by atoms with van der Waals surface area (Å²) in [5, 5.41) is 0. The summed E-state index contributed by atoms with van der Waals surface area (Å²) < 4.78 is 0. The highest BCUT2D eigenvalue weighted by Crippen LogP contribution is 2.37. The van der Waals surface area contributed by atoms with E-state index in [0.717, 1.165) is 34.6 Å². The summed E-state index contributed by atoms with van der Waals surface area (Å²) in [6, 6.07) is 10.8. The molecule has 2 N–H and O–H groups in total. The first kappa shape index (κ1) is 18.9. The first-order valence-corrected chi connectivity index (χ1v) is 10.2. The summed E-state index contributed by atoms with van der Waals surface area (Å²) in [6.07, 6.45) is 3.94. The molecular weight excluding hydrogens is 344 g/mol. The number of aryl methyl sites for hydroxylation is 1. The second-order valence-corrected chi connectivity index (χ2v) is 8.81. The lowest BCUT2D eigenvalue weighted by Crippen LogP contribution is -2.40. The Hall–Kier alpha value is -2.46. The number of hydrogen-bond donors (Lipinski definition) is 1. The average Bonchev–Trinajstić information content (AvgIpc) is 2.96. The number of rotatable bonds is 4. The van der Waals surface area contributed by atoms with E-state index >= 15 is 0 Å². The number of nitrogens with two attached hydrogens (primary N) is 1. The van der Waals surface area contributed by atoms with Crippen LogP contribution < -0.4 is 5.73 Å². The van der Waals surface area contributed by atoms with Crippen molar-refractivity contribution >= 4 is 11.5 Å². The van der Waals surface area contributed by atoms with Gasteiger partial charge in [-0.2, -0.15) is 0 Å². The molecule has 0 radical (unpaired) electrons. The van der Waals surface area contributed by atoms with Gasteiger partial charge >= 0.3 is 0 Å². The van der Waals surface area contributed by atoms with E-state index in [1.807, 2.05) is 0 Å². The topological polar surface area (TPSA) is 54.5 Å². The molecule has 4 rings (SSSR count). The first-order valence-electron chi connectivity index (χ1n) is 10.2. The molecule has 0 bridgehead atoms. The highest BCUT2D eigenvalue weighted by atomic mass is 15.1. The van der Waals surface area contributed by atoms with Crippen molar-refractivity contribution in [1.29, 1.82) is 0 Å². The number of hydrogen-bond acceptors (Lipinski definition) is 4. The minimum absolute atomic E-state index is 0.0660. The lowest BCUT2D eigenvalue weighted by atomic mass is 9.84. The molecule has 0 atom stereocenters. The fourth-order valence-electron chi connectivity index (χ4n) is 4.33. The predicted molar refractivity (Wildman–Crippen MR) is 117 cm³/mol. The Morgan fingerprint density at radius 1 is 1.11 bits per heavy atom. The molecule has 2 aliphatic heterocycles. The molecule has 1 saturated heterocycles. The van der Waals surface area contributed by atoms with E-state index in [0.29, 0.717) is 11.5 Å². The third-order valence-corrected chi connectivity index (χ3v) is 5.93. The maximum Gasteiger partial charge on any atom is 0.134 e. The summed E-state index contributed by atoms with van der Waals surface area (Å²) in [5.41, 5.74) is 13.2. The van der Waals surface area contributed by atoms with E-state index < -0.39 is 0 Å². The van der Waals surface area contributed by atoms with Crippen LogP contribution in [0.4, 0.5) is 0 Å². The summed E-state index contributed by atoms with van der Waals surface area (Å²) in [4.78, 5) is 12.0. The zero-order valence-electron chi connectivity index (χ0n) is 17.3. The lowest BCUT2D eigenvalue weighted by molar-refractivity contribution is 0.188. The standard InChI is InChI=1S/C24H30N4/c1-16-8-10-18(11-9-16)19-14-20(27-22-17(2)26-23(25)21(19)22)24(3,4)15-28-12-6-5-7-13-28/h8-11,14H,2,5-7,12-13,15H2,1,3-4H3,(H2,25,26). The number of pyridine rings is 1. The van der Waals surface area contributed by atoms with Gasteiger partial charge in [0.2, 0.25) is 0 Å². The molecule has 4 nitrogen and oxygen atoms in total. The van der Waals surface area contributed by atoms with Gasteiger partial charge in [0, 0.05) is 17.7 Å². The van der Waals surface area contributed by atoms with E-state index in [1.54, 1.807) is 0 Å². The monoisotopic (exact) mass is 374 g/mol. The summed E-state index contributed by atoms with van der Waals surface area (Å²) >= 11 is 0. The number of nitrogens with zero attached hydrogens (tertiary/aromatic N) is 3. The van der Waals surface area contributed by atoms with E-state index in [9.17, 15) is 0 Å². The van der Waals surface area contributed by atoms with Crippen molar-refractivity contribution in [2.75, 3.05) is 19.6 Å². The molecule has 0 saturated carbocycles. The second kappa shape index (κ2) is 7.17. The summed E-state index contributed by atoms with van der Waals surface area (Å²) in [5.74, 6) is 0.517. The van der Waals surface area contributed by atoms with Gasteiger partial charge in [0.25, 0.3) is 0 Å². The number of amidine groups is 1. The highest BCUT2D eigenvalue weighted by Gasteiger charge is 2.31. The van der Waals surface area contributed by atoms with Gasteiger partial charge in [-0.15, -0.1) is 0 Å². The van der Waals surface area contributed by atoms with E-state index in [2.05, 4.69) is 67.6 Å². The van der Waals surface area contributed by atoms with Crippen LogP contribution in [0.1, 0.15) is 55.6 Å². The normalized spacial score (nSPS) is 17.5. The van der Waals surface area contributed by atoms with Gasteiger partial charge in [-0.1, -0.05) is 56.7 Å². The van der Waals surface area contributed by atoms with E-state index in [1.165, 1.54) is 37.9 Å². The van der Waals surface area contributed by atoms with Crippen LogP contribution in [-0.4, -0.2) is 35.4 Å². The van der Waals surface area contributed by atoms with Crippen LogP contribution in [0.3, 0.4) is 0 Å². The Bertz CT molecular complexity index is 932. The van der Waals surface area contributed by atoms with Crippen molar-refractivity contribution in [2.24, 2.45) is 10.7 Å². The minimum Gasteiger partial charge on any atom is -0.383 e. The molecule has 1 aromatic carbocycles. The fraction of sp³-hybridized carbons (Fsp3) is 0.417. The smallest absolute Gasteiger partial charge is 0.134 e.